The molecule has 1 aromatic rings. The largest absolute Gasteiger partial charge is 0.383 e. The van der Waals surface area contributed by atoms with E-state index >= 15 is 0 Å². The number of hydrogen-bond acceptors (Lipinski definition) is 4. The summed E-state index contributed by atoms with van der Waals surface area (Å²) >= 11 is 0. The lowest BCUT2D eigenvalue weighted by molar-refractivity contribution is 0.186. The summed E-state index contributed by atoms with van der Waals surface area (Å²) in [5.74, 6) is 0.152. The van der Waals surface area contributed by atoms with Gasteiger partial charge in [0, 0.05) is 19.9 Å². The summed E-state index contributed by atoms with van der Waals surface area (Å²) in [6.07, 6.45) is 3.94. The first-order valence-corrected chi connectivity index (χ1v) is 7.19. The van der Waals surface area contributed by atoms with E-state index in [0.29, 0.717) is 19.6 Å². The molecule has 0 aliphatic heterocycles. The van der Waals surface area contributed by atoms with E-state index in [0.717, 1.165) is 5.69 Å². The number of methoxy groups -OCH3 is 1. The molecule has 0 bridgehead atoms. The summed E-state index contributed by atoms with van der Waals surface area (Å²) in [7, 11) is -1.54. The van der Waals surface area contributed by atoms with Crippen molar-refractivity contribution in [1.82, 2.24) is 14.3 Å². The zero-order chi connectivity index (χ0) is 12.7. The highest BCUT2D eigenvalue weighted by Gasteiger charge is 2.10. The molecule has 1 N–H and O–H groups in total. The molecule has 0 unspecified atom stereocenters. The molecule has 0 fully saturated rings. The van der Waals surface area contributed by atoms with Crippen molar-refractivity contribution in [2.45, 2.75) is 26.4 Å². The molecule has 17 heavy (non-hydrogen) atoms. The van der Waals surface area contributed by atoms with Crippen molar-refractivity contribution in [3.63, 3.8) is 0 Å². The van der Waals surface area contributed by atoms with E-state index in [-0.39, 0.29) is 12.3 Å². The van der Waals surface area contributed by atoms with Crippen LogP contribution in [0.1, 0.15) is 19.0 Å². The number of imidazole rings is 1. The van der Waals surface area contributed by atoms with Crippen molar-refractivity contribution in [2.75, 3.05) is 19.5 Å². The molecule has 0 amide bonds. The summed E-state index contributed by atoms with van der Waals surface area (Å²) in [5.41, 5.74) is 0.835. The average Bonchev–Trinajstić information content (AvgIpc) is 2.71. The average molecular weight is 261 g/mol. The molecule has 0 atom stereocenters. The number of nitrogens with one attached hydrogen (secondary N) is 1. The van der Waals surface area contributed by atoms with Crippen LogP contribution >= 0.6 is 0 Å². The molecule has 98 valence electrons. The van der Waals surface area contributed by atoms with Crippen LogP contribution in [0.5, 0.6) is 0 Å². The maximum atomic E-state index is 11.5. The SMILES string of the molecule is CCCS(=O)(=O)NCc1cncn1CCOC. The maximum Gasteiger partial charge on any atom is 0.211 e. The van der Waals surface area contributed by atoms with E-state index in [2.05, 4.69) is 9.71 Å². The zero-order valence-electron chi connectivity index (χ0n) is 10.2. The Labute approximate surface area is 102 Å². The van der Waals surface area contributed by atoms with Gasteiger partial charge in [-0.25, -0.2) is 18.1 Å². The fourth-order valence-electron chi connectivity index (χ4n) is 1.41. The maximum absolute atomic E-state index is 11.5. The monoisotopic (exact) mass is 261 g/mol. The lowest BCUT2D eigenvalue weighted by atomic mass is 10.4. The predicted molar refractivity (Wildman–Crippen MR) is 65.0 cm³/mol. The van der Waals surface area contributed by atoms with Crippen molar-refractivity contribution < 1.29 is 13.2 Å². The Morgan fingerprint density at radius 3 is 2.94 bits per heavy atom. The van der Waals surface area contributed by atoms with Gasteiger partial charge in [-0.05, 0) is 6.42 Å². The Balaban J connectivity index is 2.54. The molecule has 1 heterocycles. The molecular formula is C10H19N3O3S. The molecular weight excluding hydrogens is 242 g/mol. The van der Waals surface area contributed by atoms with Crippen LogP contribution in [0.2, 0.25) is 0 Å². The molecule has 7 heteroatoms. The van der Waals surface area contributed by atoms with Gasteiger partial charge in [0.15, 0.2) is 0 Å². The minimum Gasteiger partial charge on any atom is -0.383 e. The van der Waals surface area contributed by atoms with Crippen LogP contribution in [0.4, 0.5) is 0 Å². The van der Waals surface area contributed by atoms with Crippen LogP contribution < -0.4 is 4.72 Å². The second-order valence-corrected chi connectivity index (χ2v) is 5.64. The van der Waals surface area contributed by atoms with Crippen molar-refractivity contribution in [3.8, 4) is 0 Å². The fourth-order valence-corrected chi connectivity index (χ4v) is 2.46. The topological polar surface area (TPSA) is 73.2 Å². The first-order chi connectivity index (χ1) is 8.09. The lowest BCUT2D eigenvalue weighted by Crippen LogP contribution is -2.26. The summed E-state index contributed by atoms with van der Waals surface area (Å²) in [6, 6.07) is 0. The number of rotatable bonds is 8. The lowest BCUT2D eigenvalue weighted by Gasteiger charge is -2.08. The van der Waals surface area contributed by atoms with Crippen molar-refractivity contribution in [1.29, 1.82) is 0 Å². The molecule has 0 aliphatic carbocycles. The Morgan fingerprint density at radius 1 is 1.53 bits per heavy atom. The van der Waals surface area contributed by atoms with Gasteiger partial charge in [-0.15, -0.1) is 0 Å². The number of ether oxygens (including phenoxy) is 1. The molecule has 0 aromatic carbocycles. The third-order valence-electron chi connectivity index (χ3n) is 2.28. The molecule has 1 rings (SSSR count). The third-order valence-corrected chi connectivity index (χ3v) is 3.81. The van der Waals surface area contributed by atoms with Crippen LogP contribution in [-0.4, -0.2) is 37.4 Å². The van der Waals surface area contributed by atoms with Gasteiger partial charge in [0.25, 0.3) is 0 Å². The summed E-state index contributed by atoms with van der Waals surface area (Å²) < 4.78 is 32.4. The van der Waals surface area contributed by atoms with E-state index in [9.17, 15) is 8.42 Å². The van der Waals surface area contributed by atoms with Gasteiger partial charge in [-0.1, -0.05) is 6.92 Å². The fraction of sp³-hybridized carbons (Fsp3) is 0.700. The molecule has 6 nitrogen and oxygen atoms in total. The Hall–Kier alpha value is -0.920. The minimum absolute atomic E-state index is 0.152. The van der Waals surface area contributed by atoms with Crippen LogP contribution in [0, 0.1) is 0 Å². The third kappa shape index (κ3) is 4.84. The van der Waals surface area contributed by atoms with Gasteiger partial charge in [-0.2, -0.15) is 0 Å². The van der Waals surface area contributed by atoms with Gasteiger partial charge in [0.05, 0.1) is 30.9 Å². The normalized spacial score (nSPS) is 11.9. The Kier molecular flexibility index (Phi) is 5.60. The standard InChI is InChI=1S/C10H19N3O3S/c1-3-6-17(14,15)12-8-10-7-11-9-13(10)4-5-16-2/h7,9,12H,3-6,8H2,1-2H3. The highest BCUT2D eigenvalue weighted by Crippen LogP contribution is 2.00. The van der Waals surface area contributed by atoms with Crippen LogP contribution in [0.3, 0.4) is 0 Å². The van der Waals surface area contributed by atoms with Crippen LogP contribution in [0.25, 0.3) is 0 Å². The summed E-state index contributed by atoms with van der Waals surface area (Å²) in [6.45, 7) is 3.35. The zero-order valence-corrected chi connectivity index (χ0v) is 11.0. The second kappa shape index (κ2) is 6.73. The first kappa shape index (κ1) is 14.1. The Morgan fingerprint density at radius 2 is 2.29 bits per heavy atom. The van der Waals surface area contributed by atoms with E-state index in [1.54, 1.807) is 19.6 Å². The molecule has 0 saturated heterocycles. The molecule has 0 saturated carbocycles. The van der Waals surface area contributed by atoms with Gasteiger partial charge >= 0.3 is 0 Å². The van der Waals surface area contributed by atoms with E-state index in [4.69, 9.17) is 4.74 Å². The molecule has 1 aromatic heterocycles. The number of aromatic nitrogens is 2. The number of sulfonamides is 1. The second-order valence-electron chi connectivity index (χ2n) is 3.71. The van der Waals surface area contributed by atoms with Crippen LogP contribution in [-0.2, 0) is 27.8 Å². The van der Waals surface area contributed by atoms with Crippen molar-refractivity contribution in [2.24, 2.45) is 0 Å². The molecule has 0 aliphatic rings. The molecule has 0 spiro atoms. The Bertz CT molecular complexity index is 428. The highest BCUT2D eigenvalue weighted by atomic mass is 32.2. The predicted octanol–water partition coefficient (Wildman–Crippen LogP) is 0.359. The van der Waals surface area contributed by atoms with Crippen molar-refractivity contribution >= 4 is 10.0 Å². The quantitative estimate of drug-likeness (QED) is 0.733. The minimum atomic E-state index is -3.17. The van der Waals surface area contributed by atoms with Gasteiger partial charge in [-0.3, -0.25) is 0 Å². The van der Waals surface area contributed by atoms with E-state index < -0.39 is 10.0 Å². The van der Waals surface area contributed by atoms with Crippen molar-refractivity contribution in [3.05, 3.63) is 18.2 Å². The van der Waals surface area contributed by atoms with Gasteiger partial charge in [0.1, 0.15) is 0 Å². The number of hydrogen-bond donors (Lipinski definition) is 1. The van der Waals surface area contributed by atoms with Gasteiger partial charge in [0.2, 0.25) is 10.0 Å². The number of nitrogens with zero attached hydrogens (tertiary/aromatic N) is 2. The summed E-state index contributed by atoms with van der Waals surface area (Å²) in [4.78, 5) is 3.99. The van der Waals surface area contributed by atoms with E-state index in [1.165, 1.54) is 0 Å². The van der Waals surface area contributed by atoms with E-state index in [1.807, 2.05) is 11.5 Å². The highest BCUT2D eigenvalue weighted by molar-refractivity contribution is 7.89. The van der Waals surface area contributed by atoms with Crippen LogP contribution in [0.15, 0.2) is 12.5 Å². The van der Waals surface area contributed by atoms with Gasteiger partial charge < -0.3 is 9.30 Å². The molecule has 0 radical (unpaired) electrons. The smallest absolute Gasteiger partial charge is 0.211 e. The first-order valence-electron chi connectivity index (χ1n) is 5.54. The summed E-state index contributed by atoms with van der Waals surface area (Å²) in [5, 5.41) is 0.